The Labute approximate surface area is 259 Å². The van der Waals surface area contributed by atoms with E-state index in [1.165, 1.54) is 0 Å². The molecule has 0 fully saturated rings. The molecule has 4 aromatic rings. The first-order chi connectivity index (χ1) is 21.6. The lowest BCUT2D eigenvalue weighted by Gasteiger charge is -2.35. The predicted octanol–water partition coefficient (Wildman–Crippen LogP) is 4.43. The average molecular weight is 600 g/mol. The molecule has 8 nitrogen and oxygen atoms in total. The summed E-state index contributed by atoms with van der Waals surface area (Å²) in [5.41, 5.74) is 3.60. The van der Waals surface area contributed by atoms with Crippen molar-refractivity contribution in [2.24, 2.45) is 0 Å². The third-order valence-electron chi connectivity index (χ3n) is 6.91. The summed E-state index contributed by atoms with van der Waals surface area (Å²) in [7, 11) is 0. The highest BCUT2D eigenvalue weighted by Crippen LogP contribution is 2.22. The van der Waals surface area contributed by atoms with Crippen molar-refractivity contribution in [1.29, 1.82) is 0 Å². The Kier molecular flexibility index (Phi) is 14.0. The Morgan fingerprint density at radius 2 is 1.00 bits per heavy atom. The Morgan fingerprint density at radius 1 is 0.591 bits per heavy atom. The summed E-state index contributed by atoms with van der Waals surface area (Å²) in [5, 5.41) is 23.7. The van der Waals surface area contributed by atoms with Crippen LogP contribution in [-0.2, 0) is 50.2 Å². The van der Waals surface area contributed by atoms with Crippen LogP contribution in [0.25, 0.3) is 0 Å². The minimum Gasteiger partial charge on any atom is -0.395 e. The van der Waals surface area contributed by atoms with Crippen LogP contribution in [-0.4, -0.2) is 60.3 Å². The maximum absolute atomic E-state index is 13.6. The van der Waals surface area contributed by atoms with Crippen molar-refractivity contribution in [3.05, 3.63) is 144 Å². The quantitative estimate of drug-likeness (QED) is 0.146. The lowest BCUT2D eigenvalue weighted by Crippen LogP contribution is -2.55. The van der Waals surface area contributed by atoms with Crippen molar-refractivity contribution >= 4 is 5.91 Å². The number of ether oxygens (including phenoxy) is 4. The molecule has 232 valence electrons. The summed E-state index contributed by atoms with van der Waals surface area (Å²) in [6.07, 6.45) is -4.42. The zero-order valence-corrected chi connectivity index (χ0v) is 24.7. The monoisotopic (exact) mass is 599 g/mol. The maximum Gasteiger partial charge on any atom is 0.252 e. The van der Waals surface area contributed by atoms with Gasteiger partial charge in [0.15, 0.2) is 6.10 Å². The summed E-state index contributed by atoms with van der Waals surface area (Å²) >= 11 is 0. The van der Waals surface area contributed by atoms with Crippen molar-refractivity contribution in [1.82, 2.24) is 5.32 Å². The summed E-state index contributed by atoms with van der Waals surface area (Å²) in [6.45, 7) is 0.454. The number of carbonyl (C=O) groups is 1. The van der Waals surface area contributed by atoms with Gasteiger partial charge in [0.25, 0.3) is 5.91 Å². The highest BCUT2D eigenvalue weighted by atomic mass is 16.6. The molecule has 0 radical (unpaired) electrons. The molecule has 1 amide bonds. The second kappa shape index (κ2) is 18.7. The molecule has 0 aliphatic carbocycles. The van der Waals surface area contributed by atoms with Gasteiger partial charge in [-0.1, -0.05) is 121 Å². The molecule has 0 aliphatic rings. The Morgan fingerprint density at radius 3 is 1.45 bits per heavy atom. The van der Waals surface area contributed by atoms with E-state index in [-0.39, 0.29) is 39.6 Å². The van der Waals surface area contributed by atoms with Gasteiger partial charge in [-0.3, -0.25) is 4.79 Å². The zero-order chi connectivity index (χ0) is 30.8. The van der Waals surface area contributed by atoms with Gasteiger partial charge < -0.3 is 34.5 Å². The molecule has 0 aromatic heterocycles. The van der Waals surface area contributed by atoms with Crippen LogP contribution in [0.2, 0.25) is 0 Å². The SMILES string of the molecule is O=C(NCCO)[C@H](OCc1ccccc1)[C@@H](OCc1ccccc1)[C@H](OCc1ccccc1)[C@H](O)COCc1ccccc1. The molecule has 4 aromatic carbocycles. The first-order valence-electron chi connectivity index (χ1n) is 14.8. The molecule has 4 rings (SSSR count). The topological polar surface area (TPSA) is 106 Å². The largest absolute Gasteiger partial charge is 0.395 e. The van der Waals surface area contributed by atoms with E-state index < -0.39 is 30.3 Å². The van der Waals surface area contributed by atoms with Gasteiger partial charge in [-0.05, 0) is 22.3 Å². The fourth-order valence-corrected chi connectivity index (χ4v) is 4.64. The lowest BCUT2D eigenvalue weighted by molar-refractivity contribution is -0.191. The molecule has 0 aliphatic heterocycles. The van der Waals surface area contributed by atoms with Crippen LogP contribution in [0.4, 0.5) is 0 Å². The molecular formula is C36H41NO7. The molecule has 0 saturated heterocycles. The zero-order valence-electron chi connectivity index (χ0n) is 24.7. The van der Waals surface area contributed by atoms with Crippen LogP contribution in [0, 0.1) is 0 Å². The van der Waals surface area contributed by atoms with E-state index in [0.29, 0.717) is 6.61 Å². The molecule has 0 unspecified atom stereocenters. The van der Waals surface area contributed by atoms with E-state index in [1.807, 2.05) is 121 Å². The van der Waals surface area contributed by atoms with Crippen LogP contribution in [0.1, 0.15) is 22.3 Å². The molecule has 44 heavy (non-hydrogen) atoms. The summed E-state index contributed by atoms with van der Waals surface area (Å²) in [6, 6.07) is 38.3. The first-order valence-corrected chi connectivity index (χ1v) is 14.8. The van der Waals surface area contributed by atoms with Gasteiger partial charge in [0.1, 0.15) is 18.3 Å². The molecule has 3 N–H and O–H groups in total. The Balaban J connectivity index is 1.62. The van der Waals surface area contributed by atoms with E-state index in [9.17, 15) is 15.0 Å². The first kappa shape index (κ1) is 33.0. The van der Waals surface area contributed by atoms with E-state index >= 15 is 0 Å². The van der Waals surface area contributed by atoms with Crippen molar-refractivity contribution in [3.63, 3.8) is 0 Å². The number of carbonyl (C=O) groups excluding carboxylic acids is 1. The maximum atomic E-state index is 13.6. The van der Waals surface area contributed by atoms with Gasteiger partial charge >= 0.3 is 0 Å². The third-order valence-corrected chi connectivity index (χ3v) is 6.91. The third kappa shape index (κ3) is 11.0. The van der Waals surface area contributed by atoms with E-state index in [1.54, 1.807) is 0 Å². The summed E-state index contributed by atoms with van der Waals surface area (Å²) < 4.78 is 24.9. The summed E-state index contributed by atoms with van der Waals surface area (Å²) in [5.74, 6) is -0.487. The fraction of sp³-hybridized carbons (Fsp3) is 0.306. The molecule has 0 spiro atoms. The summed E-state index contributed by atoms with van der Waals surface area (Å²) in [4.78, 5) is 13.6. The minimum atomic E-state index is -1.19. The van der Waals surface area contributed by atoms with Gasteiger partial charge in [0, 0.05) is 6.54 Å². The van der Waals surface area contributed by atoms with Crippen molar-refractivity contribution in [2.45, 2.75) is 50.8 Å². The van der Waals surface area contributed by atoms with E-state index in [2.05, 4.69) is 5.32 Å². The van der Waals surface area contributed by atoms with Gasteiger partial charge in [-0.2, -0.15) is 0 Å². The molecular weight excluding hydrogens is 558 g/mol. The molecule has 0 heterocycles. The van der Waals surface area contributed by atoms with E-state index in [4.69, 9.17) is 18.9 Å². The van der Waals surface area contributed by atoms with Crippen LogP contribution < -0.4 is 5.32 Å². The average Bonchev–Trinajstić information content (AvgIpc) is 3.07. The number of hydrogen-bond donors (Lipinski definition) is 3. The van der Waals surface area contributed by atoms with Crippen molar-refractivity contribution < 1.29 is 34.0 Å². The predicted molar refractivity (Wildman–Crippen MR) is 167 cm³/mol. The number of amides is 1. The van der Waals surface area contributed by atoms with Gasteiger partial charge in [-0.15, -0.1) is 0 Å². The number of aliphatic hydroxyl groups is 2. The number of hydrogen-bond acceptors (Lipinski definition) is 7. The highest BCUT2D eigenvalue weighted by molar-refractivity contribution is 5.81. The van der Waals surface area contributed by atoms with Crippen molar-refractivity contribution in [3.8, 4) is 0 Å². The Bertz CT molecular complexity index is 1330. The van der Waals surface area contributed by atoms with E-state index in [0.717, 1.165) is 22.3 Å². The second-order valence-electron chi connectivity index (χ2n) is 10.3. The second-order valence-corrected chi connectivity index (χ2v) is 10.3. The number of benzene rings is 4. The van der Waals surface area contributed by atoms with Crippen LogP contribution in [0.15, 0.2) is 121 Å². The standard InChI is InChI=1S/C36H41NO7/c38-22-21-37-36(40)35(44-26-31-19-11-4-12-20-31)34(43-25-30-17-9-3-10-18-30)33(42-24-29-15-7-2-8-16-29)32(39)27-41-23-28-13-5-1-6-14-28/h1-20,32-35,38-39H,21-27H2,(H,37,40)/t32-,33-,34+,35-/m1/s1. The number of rotatable bonds is 19. The van der Waals surface area contributed by atoms with Crippen LogP contribution in [0.3, 0.4) is 0 Å². The minimum absolute atomic E-state index is 0.0354. The van der Waals surface area contributed by atoms with Gasteiger partial charge in [0.05, 0.1) is 39.6 Å². The van der Waals surface area contributed by atoms with Gasteiger partial charge in [-0.25, -0.2) is 0 Å². The molecule has 0 bridgehead atoms. The number of aliphatic hydroxyl groups excluding tert-OH is 2. The lowest BCUT2D eigenvalue weighted by atomic mass is 10.0. The van der Waals surface area contributed by atoms with Crippen LogP contribution in [0.5, 0.6) is 0 Å². The number of nitrogens with one attached hydrogen (secondary N) is 1. The smallest absolute Gasteiger partial charge is 0.252 e. The molecule has 8 heteroatoms. The normalized spacial score (nSPS) is 14.0. The van der Waals surface area contributed by atoms with Gasteiger partial charge in [0.2, 0.25) is 0 Å². The highest BCUT2D eigenvalue weighted by Gasteiger charge is 2.41. The van der Waals surface area contributed by atoms with Crippen molar-refractivity contribution in [2.75, 3.05) is 19.8 Å². The molecule has 0 saturated carbocycles. The fourth-order valence-electron chi connectivity index (χ4n) is 4.64. The van der Waals surface area contributed by atoms with Crippen LogP contribution >= 0.6 is 0 Å². The molecule has 4 atom stereocenters. The Hall–Kier alpha value is -3.89.